The lowest BCUT2D eigenvalue weighted by Gasteiger charge is -2.62. The molecule has 288 valence electrons. The number of benzene rings is 4. The minimum atomic E-state index is -0.364. The van der Waals surface area contributed by atoms with Gasteiger partial charge in [0.25, 0.3) is 0 Å². The Morgan fingerprint density at radius 3 is 2.20 bits per heavy atom. The number of aromatic nitrogens is 2. The largest absolute Gasteiger partial charge is 0.507 e. The van der Waals surface area contributed by atoms with Crippen molar-refractivity contribution in [2.45, 2.75) is 89.0 Å². The monoisotopic (exact) mass is 743 g/mol. The van der Waals surface area contributed by atoms with Crippen molar-refractivity contribution in [1.29, 1.82) is 0 Å². The lowest BCUT2D eigenvalue weighted by Crippen LogP contribution is -2.63. The predicted octanol–water partition coefficient (Wildman–Crippen LogP) is 8.60. The third-order valence-electron chi connectivity index (χ3n) is 14.0. The second-order valence-electron chi connectivity index (χ2n) is 16.5. The quantitative estimate of drug-likeness (QED) is 0.0493. The number of rotatable bonds is 11. The molecule has 0 bridgehead atoms. The van der Waals surface area contributed by atoms with E-state index in [1.165, 1.54) is 93.7 Å². The summed E-state index contributed by atoms with van der Waals surface area (Å²) in [6, 6.07) is 18.0. The Morgan fingerprint density at radius 2 is 1.49 bits per heavy atom. The Hall–Kier alpha value is -4.99. The molecule has 8 rings (SSSR count). The maximum absolute atomic E-state index is 11.3. The lowest BCUT2D eigenvalue weighted by atomic mass is 9.42. The van der Waals surface area contributed by atoms with Crippen LogP contribution in [0, 0.1) is 16.7 Å². The molecule has 2 spiro atoms. The summed E-state index contributed by atoms with van der Waals surface area (Å²) < 4.78 is 0. The van der Waals surface area contributed by atoms with Crippen molar-refractivity contribution in [1.82, 2.24) is 15.3 Å². The van der Waals surface area contributed by atoms with E-state index in [4.69, 9.17) is 0 Å². The van der Waals surface area contributed by atoms with Crippen LogP contribution < -0.4 is 5.32 Å². The molecule has 0 amide bonds. The van der Waals surface area contributed by atoms with Crippen LogP contribution in [0.5, 0.6) is 28.7 Å². The highest BCUT2D eigenvalue weighted by Gasteiger charge is 2.65. The van der Waals surface area contributed by atoms with Crippen molar-refractivity contribution in [3.63, 3.8) is 0 Å². The number of hydrogen-bond donors (Lipinski definition) is 8. The second kappa shape index (κ2) is 14.9. The molecule has 3 fully saturated rings. The summed E-state index contributed by atoms with van der Waals surface area (Å²) in [5.41, 5.74) is 5.32. The van der Waals surface area contributed by atoms with Gasteiger partial charge in [0, 0.05) is 48.5 Å². The summed E-state index contributed by atoms with van der Waals surface area (Å²) in [6.45, 7) is 1.67. The van der Waals surface area contributed by atoms with Crippen molar-refractivity contribution >= 4 is 22.9 Å². The molecule has 3 aliphatic carbocycles. The van der Waals surface area contributed by atoms with Crippen LogP contribution >= 0.6 is 0 Å². The van der Waals surface area contributed by atoms with E-state index >= 15 is 0 Å². The van der Waals surface area contributed by atoms with Gasteiger partial charge in [-0.1, -0.05) is 80.3 Å². The molecule has 5 aromatic rings. The van der Waals surface area contributed by atoms with Crippen molar-refractivity contribution in [3.05, 3.63) is 107 Å². The molecule has 0 saturated heterocycles. The minimum Gasteiger partial charge on any atom is -0.507 e. The van der Waals surface area contributed by atoms with Crippen molar-refractivity contribution in [3.8, 4) is 28.7 Å². The highest BCUT2D eigenvalue weighted by molar-refractivity contribution is 6.03. The van der Waals surface area contributed by atoms with Gasteiger partial charge in [0.15, 0.2) is 23.0 Å². The fourth-order valence-electron chi connectivity index (χ4n) is 11.3. The molecular formula is C46H53N3O6. The molecule has 0 radical (unpaired) electrons. The van der Waals surface area contributed by atoms with Crippen LogP contribution in [0.15, 0.2) is 73.2 Å². The third-order valence-corrected chi connectivity index (χ3v) is 14.0. The molecule has 4 aromatic carbocycles. The van der Waals surface area contributed by atoms with E-state index in [9.17, 15) is 30.6 Å². The Kier molecular flexibility index (Phi) is 10.0. The molecule has 3 saturated carbocycles. The van der Waals surface area contributed by atoms with E-state index in [-0.39, 0.29) is 62.9 Å². The van der Waals surface area contributed by atoms with E-state index in [1.807, 2.05) is 12.5 Å². The first-order chi connectivity index (χ1) is 26.7. The van der Waals surface area contributed by atoms with E-state index in [0.29, 0.717) is 41.5 Å². The van der Waals surface area contributed by atoms with Gasteiger partial charge in [-0.25, -0.2) is 4.98 Å². The number of aliphatic hydroxyl groups is 1. The van der Waals surface area contributed by atoms with Gasteiger partial charge in [0.2, 0.25) is 0 Å². The topological polar surface area (TPSA) is 162 Å². The van der Waals surface area contributed by atoms with Crippen molar-refractivity contribution in [2.75, 3.05) is 13.2 Å². The zero-order valence-electron chi connectivity index (χ0n) is 31.4. The fourth-order valence-corrected chi connectivity index (χ4v) is 11.3. The van der Waals surface area contributed by atoms with Crippen molar-refractivity contribution in [2.24, 2.45) is 16.7 Å². The number of nitrogens with one attached hydrogen (secondary N) is 2. The van der Waals surface area contributed by atoms with Gasteiger partial charge in [0.05, 0.1) is 11.7 Å². The third kappa shape index (κ3) is 6.41. The molecule has 2 atom stereocenters. The summed E-state index contributed by atoms with van der Waals surface area (Å²) >= 11 is 0. The zero-order valence-corrected chi connectivity index (χ0v) is 31.4. The number of imidazole rings is 1. The number of phenols is 5. The van der Waals surface area contributed by atoms with Gasteiger partial charge in [-0.05, 0) is 108 Å². The van der Waals surface area contributed by atoms with Crippen LogP contribution in [0.4, 0.5) is 0 Å². The Morgan fingerprint density at radius 1 is 0.745 bits per heavy atom. The number of hydrogen-bond acceptors (Lipinski definition) is 8. The van der Waals surface area contributed by atoms with Gasteiger partial charge in [-0.15, -0.1) is 0 Å². The van der Waals surface area contributed by atoms with Crippen LogP contribution in [0.2, 0.25) is 0 Å². The Labute approximate surface area is 322 Å². The van der Waals surface area contributed by atoms with Crippen LogP contribution in [0.25, 0.3) is 22.9 Å². The number of phenolic OH excluding ortho intramolecular Hbond substituents is 5. The van der Waals surface area contributed by atoms with Gasteiger partial charge < -0.3 is 40.9 Å². The smallest absolute Gasteiger partial charge is 0.169 e. The SMILES string of the molecule is OC[C@H]1C2(CCCC2)CCC2(CCCC2)[C@]1(CNCc1ccc(CCc2c(O)c(O)c3c(O)cccc3c2/C=C/c2ccc(O)c(O)c2)cc1)c1cnc[nH]1. The van der Waals surface area contributed by atoms with Gasteiger partial charge >= 0.3 is 0 Å². The van der Waals surface area contributed by atoms with Gasteiger partial charge in [-0.2, -0.15) is 0 Å². The molecule has 9 nitrogen and oxygen atoms in total. The molecule has 1 heterocycles. The van der Waals surface area contributed by atoms with E-state index < -0.39 is 0 Å². The lowest BCUT2D eigenvalue weighted by molar-refractivity contribution is -0.102. The predicted molar refractivity (Wildman–Crippen MR) is 215 cm³/mol. The Balaban J connectivity index is 1.02. The normalized spacial score (nSPS) is 21.7. The van der Waals surface area contributed by atoms with Crippen LogP contribution in [-0.2, 0) is 24.8 Å². The number of aryl methyl sites for hydroxylation is 1. The summed E-state index contributed by atoms with van der Waals surface area (Å²) in [7, 11) is 0. The van der Waals surface area contributed by atoms with E-state index in [1.54, 1.807) is 30.4 Å². The fraction of sp³-hybridized carbons (Fsp3) is 0.413. The number of aliphatic hydroxyl groups excluding tert-OH is 1. The number of nitrogens with zero attached hydrogens (tertiary/aromatic N) is 1. The molecular weight excluding hydrogens is 691 g/mol. The minimum absolute atomic E-state index is 0.138. The summed E-state index contributed by atoms with van der Waals surface area (Å²) in [5, 5.41) is 68.6. The maximum atomic E-state index is 11.3. The molecule has 0 unspecified atom stereocenters. The number of aromatic amines is 1. The number of aromatic hydroxyl groups is 5. The summed E-state index contributed by atoms with van der Waals surface area (Å²) in [6.07, 6.45) is 20.6. The Bertz CT molecular complexity index is 2170. The molecule has 9 heteroatoms. The van der Waals surface area contributed by atoms with Crippen LogP contribution in [0.1, 0.15) is 97.7 Å². The number of fused-ring (bicyclic) bond motifs is 1. The van der Waals surface area contributed by atoms with E-state index in [2.05, 4.69) is 39.6 Å². The first kappa shape index (κ1) is 37.0. The molecule has 8 N–H and O–H groups in total. The van der Waals surface area contributed by atoms with Crippen molar-refractivity contribution < 1.29 is 30.6 Å². The molecule has 0 aliphatic heterocycles. The first-order valence-electron chi connectivity index (χ1n) is 20.0. The highest BCUT2D eigenvalue weighted by atomic mass is 16.3. The second-order valence-corrected chi connectivity index (χ2v) is 16.5. The molecule has 55 heavy (non-hydrogen) atoms. The van der Waals surface area contributed by atoms with Gasteiger partial charge in [0.1, 0.15) is 5.75 Å². The van der Waals surface area contributed by atoms with E-state index in [0.717, 1.165) is 12.1 Å². The highest BCUT2D eigenvalue weighted by Crippen LogP contribution is 2.69. The maximum Gasteiger partial charge on any atom is 0.169 e. The number of H-pyrrole nitrogens is 1. The average Bonchev–Trinajstić information content (AvgIpc) is 4.00. The average molecular weight is 744 g/mol. The summed E-state index contributed by atoms with van der Waals surface area (Å²) in [4.78, 5) is 8.10. The summed E-state index contributed by atoms with van der Waals surface area (Å²) in [5.74, 6) is -1.07. The zero-order chi connectivity index (χ0) is 38.2. The molecule has 3 aliphatic rings. The first-order valence-corrected chi connectivity index (χ1v) is 20.0. The molecule has 1 aromatic heterocycles. The van der Waals surface area contributed by atoms with Gasteiger partial charge in [-0.3, -0.25) is 0 Å². The standard InChI is InChI=1S/C46H53N3O6/c50-27-39-44(18-1-2-19-44)22-23-45(20-3-4-21-45)46(39,40-26-48-29-49-40)28-47-25-32-10-8-30(9-11-32)12-16-35-33(15-13-31-14-17-36(51)38(53)24-31)34-6-5-7-37(52)41(34)43(55)42(35)54/h5-11,13-15,17,24,26,29,39,47,50-55H,1-4,12,16,18-23,25,27-28H2,(H,48,49)/b15-13+/t39-,46-/m0/s1. The van der Waals surface area contributed by atoms with Crippen LogP contribution in [0.3, 0.4) is 0 Å². The van der Waals surface area contributed by atoms with Crippen LogP contribution in [-0.4, -0.2) is 53.8 Å².